The number of hydrogen-bond donors (Lipinski definition) is 1. The van der Waals surface area contributed by atoms with Crippen LogP contribution in [-0.4, -0.2) is 15.3 Å². The Morgan fingerprint density at radius 3 is 2.67 bits per heavy atom. The quantitative estimate of drug-likeness (QED) is 0.748. The van der Waals surface area contributed by atoms with Crippen LogP contribution in [0.15, 0.2) is 41.3 Å². The van der Waals surface area contributed by atoms with Gasteiger partial charge in [-0.3, -0.25) is 14.0 Å². The van der Waals surface area contributed by atoms with Crippen molar-refractivity contribution in [1.29, 1.82) is 0 Å². The van der Waals surface area contributed by atoms with Gasteiger partial charge in [0.05, 0.1) is 6.04 Å². The van der Waals surface area contributed by atoms with E-state index in [2.05, 4.69) is 10.3 Å². The summed E-state index contributed by atoms with van der Waals surface area (Å²) in [5, 5.41) is 2.92. The van der Waals surface area contributed by atoms with Crippen molar-refractivity contribution in [3.63, 3.8) is 0 Å². The Balaban J connectivity index is 1.68. The highest BCUT2D eigenvalue weighted by molar-refractivity contribution is 7.17. The number of aromatic nitrogens is 2. The summed E-state index contributed by atoms with van der Waals surface area (Å²) in [5.74, 6) is -0.371. The average molecular weight is 382 g/mol. The lowest BCUT2D eigenvalue weighted by atomic mass is 10.0. The molecule has 27 heavy (non-hydrogen) atoms. The SMILES string of the molecule is C[C@@H](NC(=O)c1cnc2sc3c(n2c1=O)CCCCCC3)c1ccccc1. The van der Waals surface area contributed by atoms with Gasteiger partial charge in [0.1, 0.15) is 5.56 Å². The van der Waals surface area contributed by atoms with Crippen LogP contribution in [0.3, 0.4) is 0 Å². The first-order valence-corrected chi connectivity index (χ1v) is 10.3. The third-order valence-corrected chi connectivity index (χ3v) is 6.35. The van der Waals surface area contributed by atoms with Gasteiger partial charge in [0, 0.05) is 16.8 Å². The molecule has 5 nitrogen and oxygen atoms in total. The summed E-state index contributed by atoms with van der Waals surface area (Å²) < 4.78 is 1.67. The molecule has 6 heteroatoms. The molecule has 0 fully saturated rings. The summed E-state index contributed by atoms with van der Waals surface area (Å²) in [7, 11) is 0. The molecule has 0 unspecified atom stereocenters. The Bertz CT molecular complexity index is 1020. The molecule has 3 aromatic rings. The van der Waals surface area contributed by atoms with Crippen molar-refractivity contribution in [2.24, 2.45) is 0 Å². The predicted octanol–water partition coefficient (Wildman–Crippen LogP) is 3.91. The van der Waals surface area contributed by atoms with Gasteiger partial charge in [0.15, 0.2) is 4.96 Å². The van der Waals surface area contributed by atoms with Crippen LogP contribution in [-0.2, 0) is 12.8 Å². The Hall–Kier alpha value is -2.47. The summed E-state index contributed by atoms with van der Waals surface area (Å²) >= 11 is 1.59. The van der Waals surface area contributed by atoms with Gasteiger partial charge in [0.2, 0.25) is 0 Å². The van der Waals surface area contributed by atoms with Crippen molar-refractivity contribution in [3.8, 4) is 0 Å². The van der Waals surface area contributed by atoms with E-state index in [4.69, 9.17) is 0 Å². The van der Waals surface area contributed by atoms with Crippen molar-refractivity contribution >= 4 is 22.2 Å². The maximum atomic E-state index is 13.1. The number of fused-ring (bicyclic) bond motifs is 3. The summed E-state index contributed by atoms with van der Waals surface area (Å²) in [5.41, 5.74) is 1.91. The van der Waals surface area contributed by atoms with Crippen LogP contribution in [0.25, 0.3) is 4.96 Å². The minimum absolute atomic E-state index is 0.109. The summed E-state index contributed by atoms with van der Waals surface area (Å²) in [4.78, 5) is 32.2. The molecule has 0 aliphatic heterocycles. The molecule has 4 rings (SSSR count). The maximum Gasteiger partial charge on any atom is 0.271 e. The largest absolute Gasteiger partial charge is 0.345 e. The van der Waals surface area contributed by atoms with E-state index >= 15 is 0 Å². The molecule has 1 atom stereocenters. The van der Waals surface area contributed by atoms with E-state index in [0.717, 1.165) is 36.9 Å². The second-order valence-electron chi connectivity index (χ2n) is 7.09. The highest BCUT2D eigenvalue weighted by Crippen LogP contribution is 2.27. The number of nitrogens with one attached hydrogen (secondary N) is 1. The van der Waals surface area contributed by atoms with E-state index < -0.39 is 0 Å². The number of rotatable bonds is 3. The van der Waals surface area contributed by atoms with Crippen LogP contribution >= 0.6 is 11.3 Å². The number of carbonyl (C=O) groups is 1. The third-order valence-electron chi connectivity index (χ3n) is 5.19. The Morgan fingerprint density at radius 1 is 1.15 bits per heavy atom. The second kappa shape index (κ2) is 7.64. The van der Waals surface area contributed by atoms with Crippen LogP contribution in [0, 0.1) is 0 Å². The van der Waals surface area contributed by atoms with Gasteiger partial charge in [0.25, 0.3) is 11.5 Å². The van der Waals surface area contributed by atoms with Crippen molar-refractivity contribution in [1.82, 2.24) is 14.7 Å². The molecular weight excluding hydrogens is 358 g/mol. The van der Waals surface area contributed by atoms with E-state index in [0.29, 0.717) is 4.96 Å². The minimum atomic E-state index is -0.371. The molecule has 2 heterocycles. The topological polar surface area (TPSA) is 63.5 Å². The van der Waals surface area contributed by atoms with E-state index in [1.807, 2.05) is 37.3 Å². The average Bonchev–Trinajstić information content (AvgIpc) is 3.00. The number of benzene rings is 1. The number of aryl methyl sites for hydroxylation is 2. The molecule has 0 saturated carbocycles. The highest BCUT2D eigenvalue weighted by atomic mass is 32.1. The molecule has 0 saturated heterocycles. The molecule has 1 aromatic carbocycles. The zero-order valence-corrected chi connectivity index (χ0v) is 16.2. The Morgan fingerprint density at radius 2 is 1.89 bits per heavy atom. The summed E-state index contributed by atoms with van der Waals surface area (Å²) in [6.07, 6.45) is 7.95. The molecule has 1 amide bonds. The standard InChI is InChI=1S/C21H23N3O2S/c1-14(15-9-5-4-6-10-15)23-19(25)16-13-22-21-24(20(16)26)17-11-7-2-3-8-12-18(17)27-21/h4-6,9-10,13-14H,2-3,7-8,11-12H2,1H3,(H,23,25)/t14-/m1/s1. The molecule has 0 radical (unpaired) electrons. The lowest BCUT2D eigenvalue weighted by Crippen LogP contribution is -2.33. The zero-order valence-electron chi connectivity index (χ0n) is 15.4. The Labute approximate surface area is 162 Å². The molecule has 1 aliphatic rings. The number of amides is 1. The van der Waals surface area contributed by atoms with E-state index in [1.165, 1.54) is 23.9 Å². The first kappa shape index (κ1) is 17.9. The van der Waals surface area contributed by atoms with Gasteiger partial charge in [-0.15, -0.1) is 11.3 Å². The molecule has 0 spiro atoms. The summed E-state index contributed by atoms with van der Waals surface area (Å²) in [6, 6.07) is 9.55. The first-order valence-electron chi connectivity index (χ1n) is 9.53. The third kappa shape index (κ3) is 3.54. The van der Waals surface area contributed by atoms with Crippen LogP contribution in [0.2, 0.25) is 0 Å². The van der Waals surface area contributed by atoms with Crippen LogP contribution < -0.4 is 10.9 Å². The highest BCUT2D eigenvalue weighted by Gasteiger charge is 2.21. The van der Waals surface area contributed by atoms with E-state index in [-0.39, 0.29) is 23.1 Å². The van der Waals surface area contributed by atoms with Crippen LogP contribution in [0.4, 0.5) is 0 Å². The zero-order chi connectivity index (χ0) is 18.8. The second-order valence-corrected chi connectivity index (χ2v) is 8.15. The smallest absolute Gasteiger partial charge is 0.271 e. The van der Waals surface area contributed by atoms with E-state index in [9.17, 15) is 9.59 Å². The maximum absolute atomic E-state index is 13.1. The fourth-order valence-electron chi connectivity index (χ4n) is 3.68. The van der Waals surface area contributed by atoms with Crippen LogP contribution in [0.5, 0.6) is 0 Å². The van der Waals surface area contributed by atoms with E-state index in [1.54, 1.807) is 15.7 Å². The predicted molar refractivity (Wildman–Crippen MR) is 108 cm³/mol. The van der Waals surface area contributed by atoms with Gasteiger partial charge in [-0.25, -0.2) is 4.98 Å². The summed E-state index contributed by atoms with van der Waals surface area (Å²) in [6.45, 7) is 1.91. The minimum Gasteiger partial charge on any atom is -0.345 e. The van der Waals surface area contributed by atoms with Gasteiger partial charge in [-0.05, 0) is 38.2 Å². The van der Waals surface area contributed by atoms with Gasteiger partial charge in [-0.1, -0.05) is 43.2 Å². The fourth-order valence-corrected chi connectivity index (χ4v) is 4.84. The van der Waals surface area contributed by atoms with Gasteiger partial charge in [-0.2, -0.15) is 0 Å². The molecule has 2 aromatic heterocycles. The number of hydrogen-bond acceptors (Lipinski definition) is 4. The molecule has 1 aliphatic carbocycles. The van der Waals surface area contributed by atoms with Crippen molar-refractivity contribution in [2.75, 3.05) is 0 Å². The fraction of sp³-hybridized carbons (Fsp3) is 0.381. The van der Waals surface area contributed by atoms with Gasteiger partial charge >= 0.3 is 0 Å². The molecule has 0 bridgehead atoms. The monoisotopic (exact) mass is 381 g/mol. The number of thiazole rings is 1. The van der Waals surface area contributed by atoms with Crippen molar-refractivity contribution in [3.05, 3.63) is 68.6 Å². The lowest BCUT2D eigenvalue weighted by molar-refractivity contribution is 0.0938. The molecule has 1 N–H and O–H groups in total. The number of nitrogens with zero attached hydrogens (tertiary/aromatic N) is 2. The van der Waals surface area contributed by atoms with Gasteiger partial charge < -0.3 is 5.32 Å². The normalized spacial score (nSPS) is 15.6. The van der Waals surface area contributed by atoms with Crippen LogP contribution in [0.1, 0.15) is 65.1 Å². The Kier molecular flexibility index (Phi) is 5.07. The lowest BCUT2D eigenvalue weighted by Gasteiger charge is -2.14. The number of carbonyl (C=O) groups excluding carboxylic acids is 1. The molecule has 140 valence electrons. The van der Waals surface area contributed by atoms with Crippen molar-refractivity contribution < 1.29 is 4.79 Å². The molecular formula is C21H23N3O2S. The van der Waals surface area contributed by atoms with Crippen molar-refractivity contribution in [2.45, 2.75) is 51.5 Å². The first-order chi connectivity index (χ1) is 13.1.